The number of carbonyl (C=O) groups excluding carboxylic acids is 10. The third-order valence-electron chi connectivity index (χ3n) is 26.2. The van der Waals surface area contributed by atoms with Gasteiger partial charge < -0.3 is 47.4 Å². The number of hydrogen-bond acceptors (Lipinski definition) is 20. The fourth-order valence-electron chi connectivity index (χ4n) is 17.3. The summed E-state index contributed by atoms with van der Waals surface area (Å²) in [5.41, 5.74) is -17.6. The quantitative estimate of drug-likeness (QED) is 0.0534. The second-order valence-electron chi connectivity index (χ2n) is 33.3. The highest BCUT2D eigenvalue weighted by molar-refractivity contribution is 6.33. The van der Waals surface area contributed by atoms with E-state index in [1.807, 2.05) is 0 Å². The first kappa shape index (κ1) is 64.6. The average molecular weight is 1310 g/mol. The Morgan fingerprint density at radius 2 is 0.573 bits per heavy atom. The van der Waals surface area contributed by atoms with Crippen molar-refractivity contribution in [3.05, 3.63) is 60.7 Å². The minimum absolute atomic E-state index is 0.0785. The van der Waals surface area contributed by atoms with Gasteiger partial charge in [0.25, 0.3) is 0 Å². The molecule has 504 valence electrons. The van der Waals surface area contributed by atoms with Crippen LogP contribution >= 0.6 is 0 Å². The van der Waals surface area contributed by atoms with Crippen LogP contribution < -0.4 is 28.4 Å². The van der Waals surface area contributed by atoms with Crippen LogP contribution in [0.15, 0.2) is 60.7 Å². The summed E-state index contributed by atoms with van der Waals surface area (Å²) < 4.78 is 63.5. The van der Waals surface area contributed by atoms with E-state index in [-0.39, 0.29) is 109 Å². The standard InChI is InChI=1S/C76H80O20/c1-63(2,3)53(77)91-46-35-40-42(87-59(83)73-31-27-69(15,55(79)93-73)65(73,7)8)23-25-44(89-61(85)75-33-29-71(17,57(81)95-75)67(75,11)12)49(40)38-21-19-37-20-22-39-50-41(36-47(52(39)48(37)51(38)46)92-54(78)64(4,5)6)43(88-60(84)74-32-28-70(16,56(80)94-74)66(74,9)10)24-26-45(50)90-62(86)76-34-30-72(18,58(82)96-76)68(76,13)14/h19-26,35-36H,27-34H2,1-18H3/t69-,70-,71-,72-,73+,74+,75+,76+/m0/s1. The summed E-state index contributed by atoms with van der Waals surface area (Å²) in [5.74, 6) is -7.83. The smallest absolute Gasteiger partial charge is 0.356 e. The van der Waals surface area contributed by atoms with Gasteiger partial charge in [-0.1, -0.05) is 79.7 Å². The van der Waals surface area contributed by atoms with E-state index >= 15 is 19.2 Å². The molecule has 0 N–H and O–H groups in total. The molecule has 0 radical (unpaired) electrons. The molecule has 8 aliphatic rings. The van der Waals surface area contributed by atoms with Gasteiger partial charge in [-0.05, 0) is 173 Å². The van der Waals surface area contributed by atoms with Crippen LogP contribution in [0, 0.1) is 54.1 Å². The fraction of sp³-hybridized carbons (Fsp3) is 0.526. The van der Waals surface area contributed by atoms with E-state index in [4.69, 9.17) is 47.4 Å². The molecule has 4 aliphatic carbocycles. The van der Waals surface area contributed by atoms with Gasteiger partial charge in [-0.15, -0.1) is 0 Å². The predicted molar refractivity (Wildman–Crippen MR) is 346 cm³/mol. The van der Waals surface area contributed by atoms with Gasteiger partial charge in [0.2, 0.25) is 22.4 Å². The van der Waals surface area contributed by atoms with Crippen molar-refractivity contribution in [1.82, 2.24) is 0 Å². The lowest BCUT2D eigenvalue weighted by Crippen LogP contribution is -2.50. The third kappa shape index (κ3) is 7.56. The number of rotatable bonds is 10. The molecule has 0 amide bonds. The molecule has 8 bridgehead atoms. The zero-order valence-electron chi connectivity index (χ0n) is 57.6. The molecule has 96 heavy (non-hydrogen) atoms. The van der Waals surface area contributed by atoms with Gasteiger partial charge in [0, 0.05) is 59.4 Å². The summed E-state index contributed by atoms with van der Waals surface area (Å²) in [5, 5.41) is 1.86. The van der Waals surface area contributed by atoms with Crippen LogP contribution in [0.3, 0.4) is 0 Å². The van der Waals surface area contributed by atoms with E-state index in [1.54, 1.807) is 149 Å². The first-order valence-electron chi connectivity index (χ1n) is 33.0. The molecule has 20 heteroatoms. The van der Waals surface area contributed by atoms with Gasteiger partial charge >= 0.3 is 59.7 Å². The Balaban J connectivity index is 1.07. The van der Waals surface area contributed by atoms with Crippen LogP contribution in [0.5, 0.6) is 34.5 Å². The number of carbonyl (C=O) groups is 10. The predicted octanol–water partition coefficient (Wildman–Crippen LogP) is 13.5. The monoisotopic (exact) mass is 1310 g/mol. The molecule has 4 heterocycles. The van der Waals surface area contributed by atoms with Crippen molar-refractivity contribution in [3.63, 3.8) is 0 Å². The highest BCUT2D eigenvalue weighted by Gasteiger charge is 2.80. The highest BCUT2D eigenvalue weighted by atomic mass is 16.6. The van der Waals surface area contributed by atoms with Gasteiger partial charge in [-0.2, -0.15) is 0 Å². The van der Waals surface area contributed by atoms with E-state index in [9.17, 15) is 28.8 Å². The van der Waals surface area contributed by atoms with Crippen LogP contribution in [0.2, 0.25) is 0 Å². The van der Waals surface area contributed by atoms with E-state index in [1.165, 1.54) is 36.4 Å². The summed E-state index contributed by atoms with van der Waals surface area (Å²) in [6.45, 7) is 31.3. The lowest BCUT2D eigenvalue weighted by molar-refractivity contribution is -0.176. The summed E-state index contributed by atoms with van der Waals surface area (Å²) in [4.78, 5) is 145. The number of fused-ring (bicyclic) bond motifs is 17. The highest BCUT2D eigenvalue weighted by Crippen LogP contribution is 2.70. The average Bonchev–Trinajstić information content (AvgIpc) is 1.34. The second-order valence-corrected chi connectivity index (χ2v) is 33.3. The molecular formula is C76H80O20. The van der Waals surface area contributed by atoms with Crippen molar-refractivity contribution < 1.29 is 95.3 Å². The maximum absolute atomic E-state index is 15.3. The largest absolute Gasteiger partial charge is 0.446 e. The summed E-state index contributed by atoms with van der Waals surface area (Å²) in [6.07, 6.45) is 1.94. The maximum atomic E-state index is 15.3. The molecule has 8 atom stereocenters. The van der Waals surface area contributed by atoms with Gasteiger partial charge in [0.1, 0.15) is 34.5 Å². The summed E-state index contributed by atoms with van der Waals surface area (Å²) in [7, 11) is 0. The van der Waals surface area contributed by atoms with E-state index < -0.39 is 136 Å². The minimum Gasteiger partial charge on any atom is -0.446 e. The molecule has 8 fully saturated rings. The molecule has 6 aromatic rings. The first-order valence-corrected chi connectivity index (χ1v) is 33.0. The summed E-state index contributed by atoms with van der Waals surface area (Å²) in [6, 6.07) is 15.5. The van der Waals surface area contributed by atoms with E-state index in [0.29, 0.717) is 31.1 Å². The van der Waals surface area contributed by atoms with Crippen LogP contribution in [0.1, 0.15) is 176 Å². The van der Waals surface area contributed by atoms with Crippen LogP contribution in [0.4, 0.5) is 0 Å². The Morgan fingerprint density at radius 1 is 0.312 bits per heavy atom. The van der Waals surface area contributed by atoms with Crippen LogP contribution in [-0.4, -0.2) is 82.1 Å². The topological polar surface area (TPSA) is 263 Å². The second kappa shape index (κ2) is 19.1. The molecule has 4 aliphatic heterocycles. The molecule has 4 saturated heterocycles. The number of esters is 10. The molecule has 0 unspecified atom stereocenters. The van der Waals surface area contributed by atoms with Crippen molar-refractivity contribution in [2.24, 2.45) is 54.1 Å². The van der Waals surface area contributed by atoms with Crippen molar-refractivity contribution in [2.45, 2.75) is 198 Å². The maximum Gasteiger partial charge on any atom is 0.356 e. The molecule has 14 rings (SSSR count). The van der Waals surface area contributed by atoms with Crippen LogP contribution in [0.25, 0.3) is 53.9 Å². The third-order valence-corrected chi connectivity index (χ3v) is 26.2. The first-order chi connectivity index (χ1) is 44.3. The summed E-state index contributed by atoms with van der Waals surface area (Å²) >= 11 is 0. The molecule has 4 saturated carbocycles. The Labute approximate surface area is 554 Å². The Morgan fingerprint density at radius 3 is 0.812 bits per heavy atom. The molecule has 20 nitrogen and oxygen atoms in total. The van der Waals surface area contributed by atoms with Gasteiger partial charge in [0.15, 0.2) is 0 Å². The number of ether oxygens (including phenoxy) is 10. The zero-order valence-corrected chi connectivity index (χ0v) is 57.6. The Kier molecular flexibility index (Phi) is 12.9. The normalized spacial score (nSPS) is 31.4. The number of hydrogen-bond donors (Lipinski definition) is 0. The van der Waals surface area contributed by atoms with Crippen molar-refractivity contribution in [3.8, 4) is 34.5 Å². The minimum atomic E-state index is -1.74. The van der Waals surface area contributed by atoms with E-state index in [0.717, 1.165) is 0 Å². The Bertz CT molecular complexity index is 4430. The van der Waals surface area contributed by atoms with Crippen molar-refractivity contribution in [2.75, 3.05) is 0 Å². The van der Waals surface area contributed by atoms with Gasteiger partial charge in [-0.3, -0.25) is 28.8 Å². The lowest BCUT2D eigenvalue weighted by Gasteiger charge is -2.35. The molecule has 0 aromatic heterocycles. The zero-order chi connectivity index (χ0) is 69.8. The molecule has 6 aromatic carbocycles. The molecular weight excluding hydrogens is 1230 g/mol. The fourth-order valence-corrected chi connectivity index (χ4v) is 17.3. The van der Waals surface area contributed by atoms with Gasteiger partial charge in [0.05, 0.1) is 32.5 Å². The van der Waals surface area contributed by atoms with Gasteiger partial charge in [-0.25, -0.2) is 19.2 Å². The van der Waals surface area contributed by atoms with Crippen molar-refractivity contribution >= 4 is 114 Å². The number of benzene rings is 6. The van der Waals surface area contributed by atoms with Crippen molar-refractivity contribution in [1.29, 1.82) is 0 Å². The van der Waals surface area contributed by atoms with Crippen LogP contribution in [-0.2, 0) is 66.9 Å². The SMILES string of the molecule is CC(C)(C)C(=O)Oc1cc2c(OC(=O)[C@@]34CC[C@@](C)(C(=O)O3)C4(C)C)ccc(OC(=O)[C@@]34CC[C@@](C)(C(=O)O3)C4(C)C)c2c2ccc3ccc4c5c(OC(=O)[C@@]67CC[C@@](C)(C(=O)O6)C7(C)C)ccc(OC(=O)[C@@]67CC[C@@](C)(C(=O)O6)C7(C)C)c5cc(OC(=O)C(C)(C)C)c4c3c12. The lowest BCUT2D eigenvalue weighted by atomic mass is 9.66. The van der Waals surface area contributed by atoms with E-state index in [2.05, 4.69) is 0 Å². The molecule has 0 spiro atoms. The Hall–Kier alpha value is -8.68.